The fourth-order valence-corrected chi connectivity index (χ4v) is 3.03. The van der Waals surface area contributed by atoms with E-state index in [1.54, 1.807) is 0 Å². The van der Waals surface area contributed by atoms with E-state index in [4.69, 9.17) is 9.47 Å². The fraction of sp³-hybridized carbons (Fsp3) is 0.867. The lowest BCUT2D eigenvalue weighted by atomic mass is 9.89. The Labute approximate surface area is 114 Å². The maximum absolute atomic E-state index is 11.2. The molecule has 2 atom stereocenters. The van der Waals surface area contributed by atoms with E-state index in [1.165, 1.54) is 19.3 Å². The Morgan fingerprint density at radius 1 is 0.789 bits per heavy atom. The van der Waals surface area contributed by atoms with Crippen molar-refractivity contribution in [3.63, 3.8) is 0 Å². The average Bonchev–Trinajstić information content (AvgIpc) is 2.71. The van der Waals surface area contributed by atoms with Crippen LogP contribution in [-0.2, 0) is 19.1 Å². The SMILES string of the molecule is O=C1CCC(CCCC2CCOC(=O)CC2)CCO1. The average molecular weight is 268 g/mol. The molecule has 0 bridgehead atoms. The van der Waals surface area contributed by atoms with E-state index >= 15 is 0 Å². The summed E-state index contributed by atoms with van der Waals surface area (Å²) < 4.78 is 10.1. The lowest BCUT2D eigenvalue weighted by Gasteiger charge is -2.16. The molecule has 0 aromatic heterocycles. The van der Waals surface area contributed by atoms with E-state index < -0.39 is 0 Å². The third kappa shape index (κ3) is 5.21. The van der Waals surface area contributed by atoms with Gasteiger partial charge in [0.1, 0.15) is 0 Å². The first kappa shape index (κ1) is 14.4. The van der Waals surface area contributed by atoms with Gasteiger partial charge in [-0.1, -0.05) is 19.3 Å². The summed E-state index contributed by atoms with van der Waals surface area (Å²) in [7, 11) is 0. The zero-order chi connectivity index (χ0) is 13.5. The molecule has 4 heteroatoms. The Bertz CT molecular complexity index is 283. The van der Waals surface area contributed by atoms with Crippen molar-refractivity contribution in [3.8, 4) is 0 Å². The van der Waals surface area contributed by atoms with E-state index in [2.05, 4.69) is 0 Å². The van der Waals surface area contributed by atoms with Gasteiger partial charge in [-0.25, -0.2) is 0 Å². The Balaban J connectivity index is 1.62. The van der Waals surface area contributed by atoms with Crippen LogP contribution in [0.3, 0.4) is 0 Å². The van der Waals surface area contributed by atoms with Crippen molar-refractivity contribution < 1.29 is 19.1 Å². The van der Waals surface area contributed by atoms with Gasteiger partial charge in [-0.15, -0.1) is 0 Å². The molecule has 0 aromatic carbocycles. The van der Waals surface area contributed by atoms with Crippen LogP contribution in [0, 0.1) is 11.8 Å². The standard InChI is InChI=1S/C15H24O4/c16-14-6-4-12(8-10-18-14)2-1-3-13-5-7-15(17)19-11-9-13/h12-13H,1-11H2. The quantitative estimate of drug-likeness (QED) is 0.736. The van der Waals surface area contributed by atoms with Gasteiger partial charge in [0.25, 0.3) is 0 Å². The molecule has 0 aliphatic carbocycles. The molecule has 2 rings (SSSR count). The molecule has 2 saturated heterocycles. The Morgan fingerprint density at radius 3 is 1.74 bits per heavy atom. The van der Waals surface area contributed by atoms with Crippen LogP contribution in [0.4, 0.5) is 0 Å². The second kappa shape index (κ2) is 7.51. The summed E-state index contributed by atoms with van der Waals surface area (Å²) in [6, 6.07) is 0. The largest absolute Gasteiger partial charge is 0.466 e. The van der Waals surface area contributed by atoms with Crippen LogP contribution >= 0.6 is 0 Å². The highest BCUT2D eigenvalue weighted by atomic mass is 16.5. The molecular weight excluding hydrogens is 244 g/mol. The molecule has 0 amide bonds. The number of ether oxygens (including phenoxy) is 2. The number of cyclic esters (lactones) is 2. The van der Waals surface area contributed by atoms with E-state index in [0.29, 0.717) is 37.9 Å². The Morgan fingerprint density at radius 2 is 1.26 bits per heavy atom. The lowest BCUT2D eigenvalue weighted by Crippen LogP contribution is -2.05. The third-order valence-electron chi connectivity index (χ3n) is 4.32. The molecule has 0 spiro atoms. The molecule has 0 saturated carbocycles. The summed E-state index contributed by atoms with van der Waals surface area (Å²) in [6.07, 6.45) is 8.70. The molecule has 4 nitrogen and oxygen atoms in total. The van der Waals surface area contributed by atoms with Crippen molar-refractivity contribution in [1.29, 1.82) is 0 Å². The van der Waals surface area contributed by atoms with E-state index in [-0.39, 0.29) is 11.9 Å². The number of esters is 2. The monoisotopic (exact) mass is 268 g/mol. The molecule has 0 radical (unpaired) electrons. The van der Waals surface area contributed by atoms with Gasteiger partial charge in [0, 0.05) is 12.8 Å². The predicted octanol–water partition coefficient (Wildman–Crippen LogP) is 2.84. The summed E-state index contributed by atoms with van der Waals surface area (Å²) in [5, 5.41) is 0. The molecule has 0 aromatic rings. The third-order valence-corrected chi connectivity index (χ3v) is 4.32. The second-order valence-corrected chi connectivity index (χ2v) is 5.76. The number of rotatable bonds is 4. The molecular formula is C15H24O4. The second-order valence-electron chi connectivity index (χ2n) is 5.76. The molecule has 2 aliphatic rings. The molecule has 19 heavy (non-hydrogen) atoms. The van der Waals surface area contributed by atoms with Crippen LogP contribution in [0.1, 0.15) is 57.8 Å². The van der Waals surface area contributed by atoms with E-state index in [9.17, 15) is 9.59 Å². The van der Waals surface area contributed by atoms with Crippen molar-refractivity contribution in [2.75, 3.05) is 13.2 Å². The minimum atomic E-state index is -0.0399. The van der Waals surface area contributed by atoms with Crippen LogP contribution in [0.25, 0.3) is 0 Å². The first-order valence-corrected chi connectivity index (χ1v) is 7.55. The lowest BCUT2D eigenvalue weighted by molar-refractivity contribution is -0.143. The van der Waals surface area contributed by atoms with Crippen molar-refractivity contribution in [2.45, 2.75) is 57.8 Å². The highest BCUT2D eigenvalue weighted by Gasteiger charge is 2.20. The van der Waals surface area contributed by atoms with Gasteiger partial charge in [0.2, 0.25) is 0 Å². The van der Waals surface area contributed by atoms with Crippen molar-refractivity contribution in [1.82, 2.24) is 0 Å². The highest BCUT2D eigenvalue weighted by Crippen LogP contribution is 2.26. The molecule has 0 N–H and O–H groups in total. The molecule has 2 fully saturated rings. The summed E-state index contributed by atoms with van der Waals surface area (Å²) in [6.45, 7) is 1.19. The number of carbonyl (C=O) groups excluding carboxylic acids is 2. The van der Waals surface area contributed by atoms with E-state index in [0.717, 1.165) is 25.7 Å². The first-order valence-electron chi connectivity index (χ1n) is 7.55. The van der Waals surface area contributed by atoms with Gasteiger partial charge in [-0.05, 0) is 37.5 Å². The van der Waals surface area contributed by atoms with E-state index in [1.807, 2.05) is 0 Å². The summed E-state index contributed by atoms with van der Waals surface area (Å²) in [5.74, 6) is 1.19. The Hall–Kier alpha value is -1.06. The van der Waals surface area contributed by atoms with Crippen LogP contribution in [0.5, 0.6) is 0 Å². The highest BCUT2D eigenvalue weighted by molar-refractivity contribution is 5.69. The summed E-state index contributed by atoms with van der Waals surface area (Å²) >= 11 is 0. The molecule has 2 heterocycles. The zero-order valence-electron chi connectivity index (χ0n) is 11.6. The maximum Gasteiger partial charge on any atom is 0.305 e. The van der Waals surface area contributed by atoms with Crippen molar-refractivity contribution in [3.05, 3.63) is 0 Å². The smallest absolute Gasteiger partial charge is 0.305 e. The fourth-order valence-electron chi connectivity index (χ4n) is 3.03. The zero-order valence-corrected chi connectivity index (χ0v) is 11.6. The summed E-state index contributed by atoms with van der Waals surface area (Å²) in [4.78, 5) is 22.3. The van der Waals surface area contributed by atoms with Gasteiger partial charge in [0.15, 0.2) is 0 Å². The minimum Gasteiger partial charge on any atom is -0.466 e. The van der Waals surface area contributed by atoms with Gasteiger partial charge < -0.3 is 9.47 Å². The summed E-state index contributed by atoms with van der Waals surface area (Å²) in [5.41, 5.74) is 0. The normalized spacial score (nSPS) is 29.1. The number of carbonyl (C=O) groups is 2. The molecule has 2 aliphatic heterocycles. The first-order chi connectivity index (χ1) is 9.24. The molecule has 108 valence electrons. The van der Waals surface area contributed by atoms with Gasteiger partial charge in [0.05, 0.1) is 13.2 Å². The van der Waals surface area contributed by atoms with Crippen LogP contribution in [-0.4, -0.2) is 25.2 Å². The topological polar surface area (TPSA) is 52.6 Å². The minimum absolute atomic E-state index is 0.0399. The maximum atomic E-state index is 11.2. The Kier molecular flexibility index (Phi) is 5.67. The van der Waals surface area contributed by atoms with Gasteiger partial charge >= 0.3 is 11.9 Å². The van der Waals surface area contributed by atoms with Gasteiger partial charge in [-0.3, -0.25) is 9.59 Å². The molecule has 2 unspecified atom stereocenters. The number of hydrogen-bond donors (Lipinski definition) is 0. The van der Waals surface area contributed by atoms with Gasteiger partial charge in [-0.2, -0.15) is 0 Å². The van der Waals surface area contributed by atoms with Crippen molar-refractivity contribution in [2.24, 2.45) is 11.8 Å². The van der Waals surface area contributed by atoms with Crippen LogP contribution in [0.2, 0.25) is 0 Å². The van der Waals surface area contributed by atoms with Crippen LogP contribution in [0.15, 0.2) is 0 Å². The number of hydrogen-bond acceptors (Lipinski definition) is 4. The predicted molar refractivity (Wildman–Crippen MR) is 70.5 cm³/mol. The van der Waals surface area contributed by atoms with Crippen molar-refractivity contribution >= 4 is 11.9 Å². The van der Waals surface area contributed by atoms with Crippen LogP contribution < -0.4 is 0 Å².